The molecule has 0 fully saturated rings. The van der Waals surface area contributed by atoms with E-state index >= 15 is 0 Å². The molecule has 0 bridgehead atoms. The van der Waals surface area contributed by atoms with E-state index in [-0.39, 0.29) is 11.5 Å². The minimum Gasteiger partial charge on any atom is -0.494 e. The van der Waals surface area contributed by atoms with Crippen LogP contribution in [0.25, 0.3) is 5.69 Å². The number of aromatic nitrogens is 3. The predicted molar refractivity (Wildman–Crippen MR) is 68.7 cm³/mol. The molecule has 0 spiro atoms. The number of carbonyl (C=O) groups excluding carboxylic acids is 1. The van der Waals surface area contributed by atoms with Gasteiger partial charge in [-0.1, -0.05) is 16.8 Å². The number of carbonyl (C=O) groups is 1. The second-order valence-corrected chi connectivity index (χ2v) is 3.98. The van der Waals surface area contributed by atoms with Crippen molar-refractivity contribution in [3.8, 4) is 11.4 Å². The van der Waals surface area contributed by atoms with Crippen LogP contribution in [0.4, 0.5) is 5.82 Å². The summed E-state index contributed by atoms with van der Waals surface area (Å²) >= 11 is 5.92. The Hall–Kier alpha value is -2.28. The Labute approximate surface area is 113 Å². The Morgan fingerprint density at radius 1 is 1.42 bits per heavy atom. The summed E-state index contributed by atoms with van der Waals surface area (Å²) in [4.78, 5) is 11.4. The highest BCUT2D eigenvalue weighted by Crippen LogP contribution is 2.28. The van der Waals surface area contributed by atoms with Gasteiger partial charge in [0.2, 0.25) is 5.69 Å². The minimum absolute atomic E-state index is 0.0485. The highest BCUT2D eigenvalue weighted by molar-refractivity contribution is 6.30. The zero-order chi connectivity index (χ0) is 14.0. The molecule has 8 heteroatoms. The standard InChI is InChI=1S/C11H11ClN4O3/c1-18-8-4-3-6(12)5-7(8)16-10(13)9(14-15-16)11(17)19-2/h3-5H,13H2,1-2H3. The average molecular weight is 283 g/mol. The molecule has 0 aliphatic heterocycles. The zero-order valence-electron chi connectivity index (χ0n) is 10.3. The van der Waals surface area contributed by atoms with Gasteiger partial charge in [-0.25, -0.2) is 4.79 Å². The summed E-state index contributed by atoms with van der Waals surface area (Å²) in [6.07, 6.45) is 0. The number of rotatable bonds is 3. The van der Waals surface area contributed by atoms with Gasteiger partial charge in [-0.3, -0.25) is 0 Å². The number of esters is 1. The highest BCUT2D eigenvalue weighted by Gasteiger charge is 2.20. The Morgan fingerprint density at radius 3 is 2.79 bits per heavy atom. The molecule has 0 unspecified atom stereocenters. The molecule has 2 aromatic rings. The topological polar surface area (TPSA) is 92.3 Å². The third-order valence-corrected chi connectivity index (χ3v) is 2.69. The van der Waals surface area contributed by atoms with Crippen LogP contribution < -0.4 is 10.5 Å². The van der Waals surface area contributed by atoms with E-state index < -0.39 is 5.97 Å². The molecule has 0 saturated carbocycles. The third kappa shape index (κ3) is 2.32. The molecule has 2 rings (SSSR count). The summed E-state index contributed by atoms with van der Waals surface area (Å²) in [5.74, 6) is -0.116. The van der Waals surface area contributed by atoms with Gasteiger partial charge in [0.1, 0.15) is 11.4 Å². The molecular weight excluding hydrogens is 272 g/mol. The third-order valence-electron chi connectivity index (χ3n) is 2.45. The van der Waals surface area contributed by atoms with Crippen molar-refractivity contribution in [2.24, 2.45) is 0 Å². The lowest BCUT2D eigenvalue weighted by Gasteiger charge is -2.09. The Kier molecular flexibility index (Phi) is 3.57. The number of hydrogen-bond acceptors (Lipinski definition) is 6. The van der Waals surface area contributed by atoms with E-state index in [4.69, 9.17) is 22.1 Å². The van der Waals surface area contributed by atoms with E-state index in [1.165, 1.54) is 18.9 Å². The van der Waals surface area contributed by atoms with Crippen molar-refractivity contribution in [1.82, 2.24) is 15.0 Å². The highest BCUT2D eigenvalue weighted by atomic mass is 35.5. The molecule has 1 aromatic carbocycles. The van der Waals surface area contributed by atoms with Crippen molar-refractivity contribution in [1.29, 1.82) is 0 Å². The lowest BCUT2D eigenvalue weighted by atomic mass is 10.3. The van der Waals surface area contributed by atoms with Crippen LogP contribution in [0.15, 0.2) is 18.2 Å². The molecule has 7 nitrogen and oxygen atoms in total. The van der Waals surface area contributed by atoms with Crippen LogP contribution in [0.3, 0.4) is 0 Å². The molecule has 0 atom stereocenters. The van der Waals surface area contributed by atoms with E-state index in [0.29, 0.717) is 16.5 Å². The van der Waals surface area contributed by atoms with Crippen LogP contribution in [-0.2, 0) is 4.74 Å². The number of hydrogen-bond donors (Lipinski definition) is 1. The minimum atomic E-state index is -0.662. The molecule has 0 radical (unpaired) electrons. The first-order valence-corrected chi connectivity index (χ1v) is 5.59. The van der Waals surface area contributed by atoms with Crippen molar-refractivity contribution < 1.29 is 14.3 Å². The SMILES string of the molecule is COC(=O)c1nnn(-c2cc(Cl)ccc2OC)c1N. The van der Waals surface area contributed by atoms with Gasteiger partial charge < -0.3 is 15.2 Å². The van der Waals surface area contributed by atoms with Crippen LogP contribution in [0.2, 0.25) is 5.02 Å². The van der Waals surface area contributed by atoms with Gasteiger partial charge in [-0.15, -0.1) is 5.10 Å². The predicted octanol–water partition coefficient (Wildman–Crippen LogP) is 1.30. The molecule has 19 heavy (non-hydrogen) atoms. The molecule has 0 amide bonds. The first-order valence-electron chi connectivity index (χ1n) is 5.22. The molecular formula is C11H11ClN4O3. The number of nitrogen functional groups attached to an aromatic ring is 1. The largest absolute Gasteiger partial charge is 0.494 e. The molecule has 0 saturated heterocycles. The van der Waals surface area contributed by atoms with Gasteiger partial charge >= 0.3 is 5.97 Å². The average Bonchev–Trinajstić information content (AvgIpc) is 2.79. The fourth-order valence-corrected chi connectivity index (χ4v) is 1.70. The number of nitrogens with two attached hydrogens (primary N) is 1. The summed E-state index contributed by atoms with van der Waals surface area (Å²) in [5, 5.41) is 7.97. The summed E-state index contributed by atoms with van der Waals surface area (Å²) in [7, 11) is 2.74. The van der Waals surface area contributed by atoms with Gasteiger partial charge in [-0.05, 0) is 18.2 Å². The molecule has 0 aliphatic rings. The number of halogens is 1. The monoisotopic (exact) mass is 282 g/mol. The maximum Gasteiger partial charge on any atom is 0.362 e. The fraction of sp³-hybridized carbons (Fsp3) is 0.182. The zero-order valence-corrected chi connectivity index (χ0v) is 11.0. The van der Waals surface area contributed by atoms with E-state index in [2.05, 4.69) is 15.0 Å². The first kappa shape index (κ1) is 13.2. The Bertz CT molecular complexity index is 626. The number of methoxy groups -OCH3 is 2. The van der Waals surface area contributed by atoms with E-state index in [1.807, 2.05) is 0 Å². The van der Waals surface area contributed by atoms with Gasteiger partial charge in [0, 0.05) is 5.02 Å². The number of ether oxygens (including phenoxy) is 2. The number of benzene rings is 1. The molecule has 100 valence electrons. The Morgan fingerprint density at radius 2 is 2.16 bits per heavy atom. The lowest BCUT2D eigenvalue weighted by Crippen LogP contribution is -2.08. The maximum absolute atomic E-state index is 11.4. The second kappa shape index (κ2) is 5.15. The second-order valence-electron chi connectivity index (χ2n) is 3.54. The van der Waals surface area contributed by atoms with Crippen LogP contribution in [0.1, 0.15) is 10.5 Å². The van der Waals surface area contributed by atoms with Crippen molar-refractivity contribution in [3.63, 3.8) is 0 Å². The molecule has 2 N–H and O–H groups in total. The quantitative estimate of drug-likeness (QED) is 0.853. The van der Waals surface area contributed by atoms with Crippen molar-refractivity contribution in [2.45, 2.75) is 0 Å². The smallest absolute Gasteiger partial charge is 0.362 e. The van der Waals surface area contributed by atoms with Gasteiger partial charge in [0.15, 0.2) is 5.82 Å². The summed E-state index contributed by atoms with van der Waals surface area (Å²) in [5.41, 5.74) is 6.24. The molecule has 1 aromatic heterocycles. The molecule has 1 heterocycles. The van der Waals surface area contributed by atoms with E-state index in [9.17, 15) is 4.79 Å². The van der Waals surface area contributed by atoms with Gasteiger partial charge in [0.25, 0.3) is 0 Å². The van der Waals surface area contributed by atoms with Crippen LogP contribution >= 0.6 is 11.6 Å². The Balaban J connectivity index is 2.57. The summed E-state index contributed by atoms with van der Waals surface area (Å²) in [6.45, 7) is 0. The van der Waals surface area contributed by atoms with Crippen molar-refractivity contribution >= 4 is 23.4 Å². The van der Waals surface area contributed by atoms with Crippen molar-refractivity contribution in [3.05, 3.63) is 28.9 Å². The maximum atomic E-state index is 11.4. The first-order chi connectivity index (χ1) is 9.08. The van der Waals surface area contributed by atoms with Crippen molar-refractivity contribution in [2.75, 3.05) is 20.0 Å². The van der Waals surface area contributed by atoms with E-state index in [1.54, 1.807) is 18.2 Å². The summed E-state index contributed by atoms with van der Waals surface area (Å²) in [6, 6.07) is 4.93. The fourth-order valence-electron chi connectivity index (χ4n) is 1.54. The van der Waals surface area contributed by atoms with E-state index in [0.717, 1.165) is 0 Å². The van der Waals surface area contributed by atoms with Gasteiger partial charge in [0.05, 0.1) is 14.2 Å². The molecule has 0 aliphatic carbocycles. The van der Waals surface area contributed by atoms with Crippen LogP contribution in [0, 0.1) is 0 Å². The summed E-state index contributed by atoms with van der Waals surface area (Å²) < 4.78 is 11.0. The lowest BCUT2D eigenvalue weighted by molar-refractivity contribution is 0.0595. The number of nitrogens with zero attached hydrogens (tertiary/aromatic N) is 3. The van der Waals surface area contributed by atoms with Crippen LogP contribution in [0.5, 0.6) is 5.75 Å². The van der Waals surface area contributed by atoms with Gasteiger partial charge in [-0.2, -0.15) is 4.68 Å². The van der Waals surface area contributed by atoms with Crippen LogP contribution in [-0.4, -0.2) is 35.2 Å². The normalized spacial score (nSPS) is 10.3. The number of anilines is 1.